The second kappa shape index (κ2) is 8.94. The van der Waals surface area contributed by atoms with Crippen LogP contribution in [0, 0.1) is 11.8 Å². The van der Waals surface area contributed by atoms with E-state index in [0.717, 1.165) is 12.8 Å². The van der Waals surface area contributed by atoms with E-state index in [1.54, 1.807) is 0 Å². The first-order valence-corrected chi connectivity index (χ1v) is 9.72. The van der Waals surface area contributed by atoms with Crippen molar-refractivity contribution in [3.8, 4) is 11.5 Å². The summed E-state index contributed by atoms with van der Waals surface area (Å²) in [6, 6.07) is 15.4. The monoisotopic (exact) mass is 346 g/mol. The molecule has 0 saturated heterocycles. The minimum Gasteiger partial charge on any atom is -0.418 e. The number of hydrogen-bond acceptors (Lipinski definition) is 3. The van der Waals surface area contributed by atoms with Gasteiger partial charge in [-0.05, 0) is 60.1 Å². The molecule has 2 rings (SSSR count). The topological polar surface area (TPSA) is 35.5 Å². The summed E-state index contributed by atoms with van der Waals surface area (Å²) in [7, 11) is -2.63. The van der Waals surface area contributed by atoms with Crippen LogP contribution < -0.4 is 9.05 Å². The van der Waals surface area contributed by atoms with Gasteiger partial charge in [0.1, 0.15) is 11.5 Å². The van der Waals surface area contributed by atoms with Gasteiger partial charge in [-0.2, -0.15) is 0 Å². The fourth-order valence-electron chi connectivity index (χ4n) is 2.63. The highest BCUT2D eigenvalue weighted by atomic mass is 31.1. The van der Waals surface area contributed by atoms with Crippen molar-refractivity contribution < 1.29 is 13.6 Å². The van der Waals surface area contributed by atoms with Crippen LogP contribution in [0.2, 0.25) is 0 Å². The summed E-state index contributed by atoms with van der Waals surface area (Å²) in [5, 5.41) is 0. The number of hydrogen-bond donors (Lipinski definition) is 0. The van der Waals surface area contributed by atoms with Crippen molar-refractivity contribution >= 4 is 8.25 Å². The lowest BCUT2D eigenvalue weighted by molar-refractivity contribution is 0.415. The normalized spacial score (nSPS) is 11.3. The molecule has 0 heterocycles. The molecule has 0 N–H and O–H groups in total. The van der Waals surface area contributed by atoms with E-state index in [-0.39, 0.29) is 0 Å². The average Bonchev–Trinajstić information content (AvgIpc) is 2.46. The van der Waals surface area contributed by atoms with Crippen LogP contribution in [0.1, 0.15) is 38.8 Å². The molecule has 0 unspecified atom stereocenters. The predicted molar refractivity (Wildman–Crippen MR) is 100 cm³/mol. The quantitative estimate of drug-likeness (QED) is 0.556. The Morgan fingerprint density at radius 3 is 1.58 bits per heavy atom. The van der Waals surface area contributed by atoms with Crippen LogP contribution in [0.15, 0.2) is 48.5 Å². The summed E-state index contributed by atoms with van der Waals surface area (Å²) in [5.74, 6) is 2.32. The molecule has 0 aliphatic rings. The lowest BCUT2D eigenvalue weighted by Crippen LogP contribution is -1.96. The Bertz CT molecular complexity index is 623. The maximum absolute atomic E-state index is 12.2. The maximum Gasteiger partial charge on any atom is 0.418 e. The van der Waals surface area contributed by atoms with E-state index in [9.17, 15) is 4.57 Å². The fraction of sp³-hybridized carbons (Fsp3) is 0.400. The molecule has 0 amide bonds. The highest BCUT2D eigenvalue weighted by Crippen LogP contribution is 2.31. The van der Waals surface area contributed by atoms with Crippen LogP contribution in [-0.2, 0) is 17.4 Å². The van der Waals surface area contributed by atoms with Crippen LogP contribution in [0.3, 0.4) is 0 Å². The van der Waals surface area contributed by atoms with Crippen molar-refractivity contribution in [2.24, 2.45) is 11.8 Å². The first kappa shape index (κ1) is 18.6. The Labute approximate surface area is 146 Å². The zero-order valence-corrected chi connectivity index (χ0v) is 15.9. The molecule has 4 heteroatoms. The van der Waals surface area contributed by atoms with Crippen LogP contribution >= 0.6 is 8.25 Å². The molecular weight excluding hydrogens is 319 g/mol. The molecule has 0 aliphatic carbocycles. The number of rotatable bonds is 8. The molecule has 130 valence electrons. The summed E-state index contributed by atoms with van der Waals surface area (Å²) < 4.78 is 23.2. The molecule has 0 fully saturated rings. The maximum atomic E-state index is 12.2. The zero-order valence-electron chi connectivity index (χ0n) is 14.9. The van der Waals surface area contributed by atoms with E-state index in [2.05, 4.69) is 39.8 Å². The minimum atomic E-state index is -2.63. The first-order valence-electron chi connectivity index (χ1n) is 8.50. The van der Waals surface area contributed by atoms with Crippen LogP contribution in [0.25, 0.3) is 0 Å². The van der Waals surface area contributed by atoms with Gasteiger partial charge in [-0.3, -0.25) is 0 Å². The van der Waals surface area contributed by atoms with E-state index in [0.29, 0.717) is 23.3 Å². The van der Waals surface area contributed by atoms with Gasteiger partial charge in [0.25, 0.3) is 0 Å². The Morgan fingerprint density at radius 2 is 1.21 bits per heavy atom. The second-order valence-corrected chi connectivity index (χ2v) is 7.85. The summed E-state index contributed by atoms with van der Waals surface area (Å²) in [6.07, 6.45) is 1.94. The van der Waals surface area contributed by atoms with Crippen molar-refractivity contribution in [3.05, 3.63) is 59.7 Å². The second-order valence-electron chi connectivity index (χ2n) is 6.94. The van der Waals surface area contributed by atoms with Gasteiger partial charge < -0.3 is 9.05 Å². The smallest absolute Gasteiger partial charge is 0.418 e. The summed E-state index contributed by atoms with van der Waals surface area (Å²) >= 11 is 0. The molecule has 24 heavy (non-hydrogen) atoms. The first-order chi connectivity index (χ1) is 11.4. The molecule has 3 nitrogen and oxygen atoms in total. The molecule has 0 aliphatic heterocycles. The number of benzene rings is 2. The van der Waals surface area contributed by atoms with Gasteiger partial charge in [0, 0.05) is 0 Å². The molecule has 2 aromatic carbocycles. The van der Waals surface area contributed by atoms with Gasteiger partial charge in [0.2, 0.25) is 0 Å². The Balaban J connectivity index is 1.98. The zero-order chi connectivity index (χ0) is 17.5. The summed E-state index contributed by atoms with van der Waals surface area (Å²) in [4.78, 5) is 0. The van der Waals surface area contributed by atoms with Crippen molar-refractivity contribution in [1.29, 1.82) is 0 Å². The molecular formula is C20H27O3P. The summed E-state index contributed by atoms with van der Waals surface area (Å²) in [5.41, 5.74) is 2.35. The lowest BCUT2D eigenvalue weighted by atomic mass is 10.0. The third-order valence-corrected chi connectivity index (χ3v) is 4.29. The lowest BCUT2D eigenvalue weighted by Gasteiger charge is -2.11. The van der Waals surface area contributed by atoms with Crippen molar-refractivity contribution in [1.82, 2.24) is 0 Å². The van der Waals surface area contributed by atoms with E-state index in [1.807, 2.05) is 36.4 Å². The van der Waals surface area contributed by atoms with Gasteiger partial charge >= 0.3 is 8.25 Å². The van der Waals surface area contributed by atoms with Crippen molar-refractivity contribution in [2.45, 2.75) is 40.5 Å². The van der Waals surface area contributed by atoms with Crippen LogP contribution in [0.5, 0.6) is 11.5 Å². The standard InChI is InChI=1S/C20H27O3P/c1-15(2)11-17-7-5-9-19(13-17)22-24(21)23-20-10-6-8-18(14-20)12-16(3)4/h5-10,13-16,24H,11-12H2,1-4H3. The molecule has 0 radical (unpaired) electrons. The Hall–Kier alpha value is -1.73. The summed E-state index contributed by atoms with van der Waals surface area (Å²) in [6.45, 7) is 8.68. The van der Waals surface area contributed by atoms with E-state index < -0.39 is 8.25 Å². The van der Waals surface area contributed by atoms with Gasteiger partial charge in [0.15, 0.2) is 0 Å². The highest BCUT2D eigenvalue weighted by molar-refractivity contribution is 7.34. The highest BCUT2D eigenvalue weighted by Gasteiger charge is 2.07. The molecule has 0 spiro atoms. The van der Waals surface area contributed by atoms with Crippen molar-refractivity contribution in [2.75, 3.05) is 0 Å². The van der Waals surface area contributed by atoms with E-state index in [4.69, 9.17) is 9.05 Å². The molecule has 0 saturated carbocycles. The molecule has 0 bridgehead atoms. The third-order valence-electron chi connectivity index (χ3n) is 3.49. The Kier molecular flexibility index (Phi) is 6.93. The fourth-order valence-corrected chi connectivity index (χ4v) is 3.31. The molecule has 0 atom stereocenters. The molecule has 2 aromatic rings. The third kappa shape index (κ3) is 6.41. The van der Waals surface area contributed by atoms with Gasteiger partial charge in [0.05, 0.1) is 0 Å². The largest absolute Gasteiger partial charge is 0.418 e. The predicted octanol–water partition coefficient (Wildman–Crippen LogP) is 5.93. The van der Waals surface area contributed by atoms with Crippen LogP contribution in [-0.4, -0.2) is 0 Å². The SMILES string of the molecule is CC(C)Cc1cccc(O[PH](=O)Oc2cccc(CC(C)C)c2)c1. The van der Waals surface area contributed by atoms with Crippen molar-refractivity contribution in [3.63, 3.8) is 0 Å². The van der Waals surface area contributed by atoms with E-state index >= 15 is 0 Å². The Morgan fingerprint density at radius 1 is 0.792 bits per heavy atom. The average molecular weight is 346 g/mol. The van der Waals surface area contributed by atoms with Gasteiger partial charge in [-0.25, -0.2) is 4.57 Å². The van der Waals surface area contributed by atoms with Gasteiger partial charge in [-0.1, -0.05) is 52.0 Å². The van der Waals surface area contributed by atoms with E-state index in [1.165, 1.54) is 11.1 Å². The van der Waals surface area contributed by atoms with Gasteiger partial charge in [-0.15, -0.1) is 0 Å². The minimum absolute atomic E-state index is 0.567. The molecule has 0 aromatic heterocycles. The van der Waals surface area contributed by atoms with Crippen LogP contribution in [0.4, 0.5) is 0 Å².